The van der Waals surface area contributed by atoms with Crippen LogP contribution in [0.4, 0.5) is 0 Å². The van der Waals surface area contributed by atoms with E-state index in [1.165, 1.54) is 13.0 Å². The number of nitrogens with zero attached hydrogens (tertiary/aromatic N) is 1. The molecular formula is C25H30N4O5. The van der Waals surface area contributed by atoms with Crippen molar-refractivity contribution in [3.63, 3.8) is 0 Å². The first-order valence-corrected chi connectivity index (χ1v) is 11.5. The quantitative estimate of drug-likeness (QED) is 0.431. The van der Waals surface area contributed by atoms with Crippen LogP contribution in [-0.2, 0) is 23.1 Å². The SMILES string of the molecule is Cc1ccc(O)cc1[C@@]12Cc3[nH]c(=O)c(C(=O)N[C@@H](C)C(N)=O)cc3C[C@@]1(O)[C@H]1C(CN1C)C2. The monoisotopic (exact) mass is 466 g/mol. The Kier molecular flexibility index (Phi) is 4.93. The fraction of sp³-hybridized carbons (Fsp3) is 0.480. The number of carbonyl (C=O) groups is 2. The fourth-order valence-corrected chi connectivity index (χ4v) is 6.74. The van der Waals surface area contributed by atoms with Gasteiger partial charge in [-0.25, -0.2) is 0 Å². The summed E-state index contributed by atoms with van der Waals surface area (Å²) in [6.45, 7) is 4.30. The number of aryl methyl sites for hydroxylation is 1. The van der Waals surface area contributed by atoms with Crippen LogP contribution in [0.2, 0.25) is 0 Å². The van der Waals surface area contributed by atoms with E-state index in [9.17, 15) is 24.6 Å². The number of hydrogen-bond donors (Lipinski definition) is 5. The van der Waals surface area contributed by atoms with Crippen molar-refractivity contribution >= 4 is 11.8 Å². The van der Waals surface area contributed by atoms with E-state index < -0.39 is 34.4 Å². The van der Waals surface area contributed by atoms with Crippen molar-refractivity contribution in [3.8, 4) is 5.75 Å². The molecule has 0 bridgehead atoms. The lowest BCUT2D eigenvalue weighted by Gasteiger charge is -2.53. The van der Waals surface area contributed by atoms with E-state index in [1.807, 2.05) is 20.0 Å². The summed E-state index contributed by atoms with van der Waals surface area (Å²) in [6, 6.07) is 5.77. The van der Waals surface area contributed by atoms with Crippen LogP contribution < -0.4 is 16.6 Å². The number of nitrogens with two attached hydrogens (primary N) is 1. The predicted octanol–water partition coefficient (Wildman–Crippen LogP) is 0.0941. The number of nitrogens with one attached hydrogen (secondary N) is 2. The number of carbonyl (C=O) groups excluding carboxylic acids is 2. The van der Waals surface area contributed by atoms with E-state index in [1.54, 1.807) is 12.1 Å². The molecule has 6 N–H and O–H groups in total. The summed E-state index contributed by atoms with van der Waals surface area (Å²) in [5.41, 5.74) is 5.97. The third-order valence-corrected chi connectivity index (χ3v) is 8.28. The number of aromatic amines is 1. The van der Waals surface area contributed by atoms with Gasteiger partial charge in [0.2, 0.25) is 5.91 Å². The number of H-pyrrole nitrogens is 1. The number of aliphatic hydroxyl groups is 1. The van der Waals surface area contributed by atoms with Crippen molar-refractivity contribution in [2.45, 2.75) is 56.2 Å². The minimum absolute atomic E-state index is 0.0681. The third kappa shape index (κ3) is 3.03. The summed E-state index contributed by atoms with van der Waals surface area (Å²) in [6.07, 6.45) is 1.38. The predicted molar refractivity (Wildman–Crippen MR) is 125 cm³/mol. The molecular weight excluding hydrogens is 436 g/mol. The van der Waals surface area contributed by atoms with Crippen LogP contribution in [0.25, 0.3) is 0 Å². The van der Waals surface area contributed by atoms with Crippen LogP contribution in [0.3, 0.4) is 0 Å². The summed E-state index contributed by atoms with van der Waals surface area (Å²) in [5, 5.41) is 25.1. The number of phenols is 1. The van der Waals surface area contributed by atoms with Crippen molar-refractivity contribution in [3.05, 3.63) is 62.6 Å². The van der Waals surface area contributed by atoms with Gasteiger partial charge in [0, 0.05) is 36.5 Å². The first-order valence-electron chi connectivity index (χ1n) is 11.5. The molecule has 1 saturated carbocycles. The smallest absolute Gasteiger partial charge is 0.261 e. The Morgan fingerprint density at radius 3 is 2.71 bits per heavy atom. The molecule has 1 aliphatic heterocycles. The number of hydrogen-bond acceptors (Lipinski definition) is 6. The van der Waals surface area contributed by atoms with E-state index in [0.717, 1.165) is 24.1 Å². The van der Waals surface area contributed by atoms with E-state index in [0.29, 0.717) is 17.7 Å². The zero-order valence-corrected chi connectivity index (χ0v) is 19.5. The fourth-order valence-electron chi connectivity index (χ4n) is 6.74. The molecule has 5 atom stereocenters. The van der Waals surface area contributed by atoms with Crippen LogP contribution in [-0.4, -0.2) is 63.2 Å². The zero-order valence-electron chi connectivity index (χ0n) is 19.5. The van der Waals surface area contributed by atoms with Crippen molar-refractivity contribution in [1.82, 2.24) is 15.2 Å². The normalized spacial score (nSPS) is 30.5. The molecule has 1 aromatic carbocycles. The highest BCUT2D eigenvalue weighted by molar-refractivity contribution is 5.97. The van der Waals surface area contributed by atoms with Crippen molar-refractivity contribution in [2.24, 2.45) is 11.7 Å². The Bertz CT molecular complexity index is 1270. The number of rotatable bonds is 4. The lowest BCUT2D eigenvalue weighted by Crippen LogP contribution is -2.67. The average molecular weight is 467 g/mol. The van der Waals surface area contributed by atoms with E-state index in [-0.39, 0.29) is 29.7 Å². The third-order valence-electron chi connectivity index (χ3n) is 8.28. The molecule has 1 unspecified atom stereocenters. The van der Waals surface area contributed by atoms with E-state index in [4.69, 9.17) is 5.73 Å². The second kappa shape index (κ2) is 7.41. The maximum absolute atomic E-state index is 12.9. The van der Waals surface area contributed by atoms with Gasteiger partial charge >= 0.3 is 0 Å². The number of fused-ring (bicyclic) bond motifs is 4. The molecule has 1 aromatic heterocycles. The van der Waals surface area contributed by atoms with Gasteiger partial charge in [0.1, 0.15) is 17.4 Å². The highest BCUT2D eigenvalue weighted by atomic mass is 16.3. The van der Waals surface area contributed by atoms with E-state index in [2.05, 4.69) is 15.2 Å². The maximum atomic E-state index is 12.9. The highest BCUT2D eigenvalue weighted by Gasteiger charge is 2.70. The summed E-state index contributed by atoms with van der Waals surface area (Å²) >= 11 is 0. The van der Waals surface area contributed by atoms with Crippen LogP contribution in [0.1, 0.15) is 46.1 Å². The largest absolute Gasteiger partial charge is 0.508 e. The van der Waals surface area contributed by atoms with Gasteiger partial charge in [-0.15, -0.1) is 0 Å². The molecule has 2 aliphatic carbocycles. The Morgan fingerprint density at radius 2 is 2.03 bits per heavy atom. The first kappa shape index (κ1) is 22.6. The number of likely N-dealkylation sites (N-methyl/N-ethyl adjacent to an activating group) is 1. The number of pyridine rings is 1. The number of amides is 2. The molecule has 5 rings (SSSR count). The number of aromatic nitrogens is 1. The molecule has 34 heavy (non-hydrogen) atoms. The summed E-state index contributed by atoms with van der Waals surface area (Å²) in [7, 11) is 2.00. The van der Waals surface area contributed by atoms with Crippen LogP contribution in [0.5, 0.6) is 5.75 Å². The Hall–Kier alpha value is -3.17. The minimum atomic E-state index is -1.15. The maximum Gasteiger partial charge on any atom is 0.261 e. The molecule has 1 saturated heterocycles. The molecule has 2 amide bonds. The van der Waals surface area contributed by atoms with Gasteiger partial charge in [0.15, 0.2) is 0 Å². The number of benzene rings is 1. The van der Waals surface area contributed by atoms with Crippen molar-refractivity contribution < 1.29 is 19.8 Å². The van der Waals surface area contributed by atoms with Crippen LogP contribution in [0.15, 0.2) is 29.1 Å². The van der Waals surface area contributed by atoms with Crippen molar-refractivity contribution in [1.29, 1.82) is 0 Å². The van der Waals surface area contributed by atoms with E-state index >= 15 is 0 Å². The Morgan fingerprint density at radius 1 is 1.29 bits per heavy atom. The summed E-state index contributed by atoms with van der Waals surface area (Å²) in [4.78, 5) is 41.9. The second-order valence-corrected chi connectivity index (χ2v) is 10.3. The molecule has 2 fully saturated rings. The standard InChI is InChI=1S/C25H30N4O5/c1-12-4-5-16(30)7-18(12)24-8-15-11-29(3)20(15)25(24,34)9-14-6-17(23(33)28-19(14)10-24)22(32)27-13(2)21(26)31/h4-7,13,15,20,30,34H,8-11H2,1-3H3,(H2,26,31)(H,27,32)(H,28,33)/t13-,15?,20+,24+,25+/m0/s1. The lowest BCUT2D eigenvalue weighted by molar-refractivity contribution is -0.119. The van der Waals surface area contributed by atoms with Gasteiger partial charge in [0.25, 0.3) is 11.5 Å². The number of primary amides is 1. The van der Waals surface area contributed by atoms with Gasteiger partial charge in [-0.3, -0.25) is 19.3 Å². The average Bonchev–Trinajstić information content (AvgIpc) is 2.95. The Labute approximate surface area is 197 Å². The molecule has 2 heterocycles. The van der Waals surface area contributed by atoms with Gasteiger partial charge in [-0.1, -0.05) is 6.07 Å². The summed E-state index contributed by atoms with van der Waals surface area (Å²) < 4.78 is 0. The van der Waals surface area contributed by atoms with Crippen LogP contribution >= 0.6 is 0 Å². The number of likely N-dealkylation sites (tertiary alicyclic amines) is 1. The zero-order chi connectivity index (χ0) is 24.6. The van der Waals surface area contributed by atoms with Gasteiger partial charge in [-0.05, 0) is 68.1 Å². The molecule has 3 aliphatic rings. The minimum Gasteiger partial charge on any atom is -0.508 e. The molecule has 9 heteroatoms. The summed E-state index contributed by atoms with van der Waals surface area (Å²) in [5.74, 6) is -0.960. The van der Waals surface area contributed by atoms with Crippen molar-refractivity contribution in [2.75, 3.05) is 13.6 Å². The molecule has 0 radical (unpaired) electrons. The molecule has 2 aromatic rings. The van der Waals surface area contributed by atoms with Gasteiger partial charge in [-0.2, -0.15) is 0 Å². The second-order valence-electron chi connectivity index (χ2n) is 10.3. The van der Waals surface area contributed by atoms with Gasteiger partial charge < -0.3 is 26.2 Å². The first-order chi connectivity index (χ1) is 16.0. The lowest BCUT2D eigenvalue weighted by atomic mass is 9.59. The van der Waals surface area contributed by atoms with Gasteiger partial charge in [0.05, 0.1) is 5.60 Å². The highest BCUT2D eigenvalue weighted by Crippen LogP contribution is 2.61. The topological polar surface area (TPSA) is 149 Å². The molecule has 9 nitrogen and oxygen atoms in total. The number of phenolic OH excluding ortho intramolecular Hbond substituents is 1. The number of aromatic hydroxyl groups is 1. The molecule has 180 valence electrons. The molecule has 0 spiro atoms. The Balaban J connectivity index is 1.62. The van der Waals surface area contributed by atoms with Crippen LogP contribution in [0, 0.1) is 12.8 Å².